The minimum atomic E-state index is -4.52. The van der Waals surface area contributed by atoms with Gasteiger partial charge in [-0.25, -0.2) is 0 Å². The summed E-state index contributed by atoms with van der Waals surface area (Å²) in [5, 5.41) is 13.7. The minimum absolute atomic E-state index is 0.0243. The van der Waals surface area contributed by atoms with Crippen LogP contribution in [0, 0.1) is 10.1 Å². The van der Waals surface area contributed by atoms with Crippen molar-refractivity contribution in [3.05, 3.63) is 58.1 Å². The van der Waals surface area contributed by atoms with E-state index in [2.05, 4.69) is 5.32 Å². The van der Waals surface area contributed by atoms with Gasteiger partial charge in [-0.05, 0) is 43.2 Å². The smallest absolute Gasteiger partial charge is 0.416 e. The largest absolute Gasteiger partial charge is 0.484 e. The average molecular weight is 409 g/mol. The summed E-state index contributed by atoms with van der Waals surface area (Å²) in [6.07, 6.45) is -2.59. The summed E-state index contributed by atoms with van der Waals surface area (Å²) in [7, 11) is 0. The molecular formula is C19H18F3N3O4. The molecule has 1 aliphatic rings. The molecule has 0 aliphatic carbocycles. The lowest BCUT2D eigenvalue weighted by Crippen LogP contribution is -2.21. The summed E-state index contributed by atoms with van der Waals surface area (Å²) < 4.78 is 43.5. The maximum Gasteiger partial charge on any atom is 0.416 e. The molecule has 7 nitrogen and oxygen atoms in total. The van der Waals surface area contributed by atoms with E-state index in [9.17, 15) is 28.1 Å². The van der Waals surface area contributed by atoms with E-state index in [1.54, 1.807) is 6.07 Å². The number of halogens is 3. The van der Waals surface area contributed by atoms with Crippen molar-refractivity contribution < 1.29 is 27.6 Å². The van der Waals surface area contributed by atoms with Crippen LogP contribution in [-0.2, 0) is 11.0 Å². The number of carbonyl (C=O) groups excluding carboxylic acids is 1. The number of nitro groups is 1. The van der Waals surface area contributed by atoms with Gasteiger partial charge in [0.2, 0.25) is 0 Å². The molecule has 1 amide bonds. The fourth-order valence-electron chi connectivity index (χ4n) is 3.08. The fraction of sp³-hybridized carbons (Fsp3) is 0.316. The third kappa shape index (κ3) is 5.15. The van der Waals surface area contributed by atoms with Crippen LogP contribution in [0.3, 0.4) is 0 Å². The van der Waals surface area contributed by atoms with Gasteiger partial charge >= 0.3 is 6.18 Å². The summed E-state index contributed by atoms with van der Waals surface area (Å²) in [6.45, 7) is 0.970. The lowest BCUT2D eigenvalue weighted by Gasteiger charge is -2.18. The van der Waals surface area contributed by atoms with Crippen LogP contribution < -0.4 is 15.0 Å². The number of benzene rings is 2. The number of nitro benzene ring substituents is 1. The second kappa shape index (κ2) is 8.38. The van der Waals surface area contributed by atoms with E-state index >= 15 is 0 Å². The molecule has 1 N–H and O–H groups in total. The van der Waals surface area contributed by atoms with Crippen molar-refractivity contribution in [2.45, 2.75) is 19.0 Å². The quantitative estimate of drug-likeness (QED) is 0.570. The van der Waals surface area contributed by atoms with Gasteiger partial charge in [-0.15, -0.1) is 0 Å². The molecule has 10 heteroatoms. The molecule has 0 bridgehead atoms. The first-order valence-electron chi connectivity index (χ1n) is 8.87. The maximum atomic E-state index is 12.7. The van der Waals surface area contributed by atoms with Crippen LogP contribution in [0.15, 0.2) is 42.5 Å². The Morgan fingerprint density at radius 1 is 1.17 bits per heavy atom. The first-order valence-corrected chi connectivity index (χ1v) is 8.87. The van der Waals surface area contributed by atoms with Gasteiger partial charge in [-0.3, -0.25) is 14.9 Å². The van der Waals surface area contributed by atoms with E-state index in [4.69, 9.17) is 4.74 Å². The number of carbonyl (C=O) groups is 1. The summed E-state index contributed by atoms with van der Waals surface area (Å²) in [5.74, 6) is -0.561. The standard InChI is InChI=1S/C19H18F3N3O4/c20-19(21,22)13-4-3-5-14(10-13)23-18(26)12-29-15-6-7-16(17(11-15)25(27)28)24-8-1-2-9-24/h3-7,10-11H,1-2,8-9,12H2,(H,23,26). The Morgan fingerprint density at radius 3 is 2.55 bits per heavy atom. The van der Waals surface area contributed by atoms with Crippen LogP contribution in [0.4, 0.5) is 30.2 Å². The van der Waals surface area contributed by atoms with Crippen molar-refractivity contribution >= 4 is 23.0 Å². The van der Waals surface area contributed by atoms with Crippen LogP contribution in [0.5, 0.6) is 5.75 Å². The van der Waals surface area contributed by atoms with E-state index in [1.165, 1.54) is 24.3 Å². The first-order chi connectivity index (χ1) is 13.7. The number of nitrogens with zero attached hydrogens (tertiary/aromatic N) is 2. The molecule has 1 saturated heterocycles. The molecule has 0 saturated carbocycles. The van der Waals surface area contributed by atoms with E-state index in [-0.39, 0.29) is 17.1 Å². The third-order valence-electron chi connectivity index (χ3n) is 4.43. The summed E-state index contributed by atoms with van der Waals surface area (Å²) in [4.78, 5) is 24.8. The number of hydrogen-bond donors (Lipinski definition) is 1. The molecule has 0 atom stereocenters. The number of hydrogen-bond acceptors (Lipinski definition) is 5. The Kier molecular flexibility index (Phi) is 5.90. The minimum Gasteiger partial charge on any atom is -0.484 e. The van der Waals surface area contributed by atoms with Gasteiger partial charge in [0.25, 0.3) is 11.6 Å². The molecule has 0 aromatic heterocycles. The number of anilines is 2. The van der Waals surface area contributed by atoms with Gasteiger partial charge in [-0.1, -0.05) is 6.07 Å². The van der Waals surface area contributed by atoms with E-state index < -0.39 is 29.2 Å². The molecule has 1 fully saturated rings. The van der Waals surface area contributed by atoms with Gasteiger partial charge in [-0.2, -0.15) is 13.2 Å². The number of rotatable bonds is 6. The molecule has 2 aromatic rings. The van der Waals surface area contributed by atoms with Gasteiger partial charge in [0, 0.05) is 18.8 Å². The molecular weight excluding hydrogens is 391 g/mol. The highest BCUT2D eigenvalue weighted by Crippen LogP contribution is 2.34. The van der Waals surface area contributed by atoms with Crippen LogP contribution in [0.1, 0.15) is 18.4 Å². The Balaban J connectivity index is 1.64. The zero-order valence-electron chi connectivity index (χ0n) is 15.2. The molecule has 29 heavy (non-hydrogen) atoms. The van der Waals surface area contributed by atoms with Gasteiger partial charge < -0.3 is 15.0 Å². The van der Waals surface area contributed by atoms with Crippen molar-refractivity contribution in [3.63, 3.8) is 0 Å². The van der Waals surface area contributed by atoms with Crippen molar-refractivity contribution in [2.24, 2.45) is 0 Å². The SMILES string of the molecule is O=C(COc1ccc(N2CCCC2)c([N+](=O)[O-])c1)Nc1cccc(C(F)(F)F)c1. The fourth-order valence-corrected chi connectivity index (χ4v) is 3.08. The highest BCUT2D eigenvalue weighted by Gasteiger charge is 2.30. The summed E-state index contributed by atoms with van der Waals surface area (Å²) in [5.41, 5.74) is -0.538. The van der Waals surface area contributed by atoms with E-state index in [0.29, 0.717) is 5.69 Å². The Morgan fingerprint density at radius 2 is 1.90 bits per heavy atom. The Labute approximate surface area is 164 Å². The van der Waals surface area contributed by atoms with Gasteiger partial charge in [0.1, 0.15) is 11.4 Å². The van der Waals surface area contributed by atoms with Gasteiger partial charge in [0.05, 0.1) is 16.6 Å². The zero-order valence-corrected chi connectivity index (χ0v) is 15.2. The van der Waals surface area contributed by atoms with Crippen LogP contribution in [0.25, 0.3) is 0 Å². The number of alkyl halides is 3. The lowest BCUT2D eigenvalue weighted by atomic mass is 10.2. The van der Waals surface area contributed by atoms with Crippen molar-refractivity contribution in [1.29, 1.82) is 0 Å². The van der Waals surface area contributed by atoms with Crippen LogP contribution in [-0.4, -0.2) is 30.5 Å². The number of amides is 1. The van der Waals surface area contributed by atoms with Gasteiger partial charge in [0.15, 0.2) is 6.61 Å². The average Bonchev–Trinajstić information content (AvgIpc) is 3.20. The molecule has 1 heterocycles. The number of nitrogens with one attached hydrogen (secondary N) is 1. The second-order valence-electron chi connectivity index (χ2n) is 6.52. The Bertz CT molecular complexity index is 912. The summed E-state index contributed by atoms with van der Waals surface area (Å²) in [6, 6.07) is 8.55. The van der Waals surface area contributed by atoms with Crippen molar-refractivity contribution in [1.82, 2.24) is 0 Å². The van der Waals surface area contributed by atoms with Crippen LogP contribution >= 0.6 is 0 Å². The predicted octanol–water partition coefficient (Wildman–Crippen LogP) is 4.23. The third-order valence-corrected chi connectivity index (χ3v) is 4.43. The lowest BCUT2D eigenvalue weighted by molar-refractivity contribution is -0.384. The summed E-state index contributed by atoms with van der Waals surface area (Å²) >= 11 is 0. The first kappa shape index (κ1) is 20.4. The predicted molar refractivity (Wildman–Crippen MR) is 100 cm³/mol. The number of ether oxygens (including phenoxy) is 1. The molecule has 154 valence electrons. The molecule has 0 spiro atoms. The molecule has 3 rings (SSSR count). The normalized spacial score (nSPS) is 14.0. The maximum absolute atomic E-state index is 12.7. The highest BCUT2D eigenvalue weighted by atomic mass is 19.4. The van der Waals surface area contributed by atoms with Crippen molar-refractivity contribution in [2.75, 3.05) is 29.9 Å². The van der Waals surface area contributed by atoms with Crippen LogP contribution in [0.2, 0.25) is 0 Å². The van der Waals surface area contributed by atoms with E-state index in [1.807, 2.05) is 4.90 Å². The monoisotopic (exact) mass is 409 g/mol. The highest BCUT2D eigenvalue weighted by molar-refractivity contribution is 5.92. The Hall–Kier alpha value is -3.30. The zero-order chi connectivity index (χ0) is 21.0. The molecule has 1 aliphatic heterocycles. The molecule has 2 aromatic carbocycles. The second-order valence-corrected chi connectivity index (χ2v) is 6.52. The van der Waals surface area contributed by atoms with E-state index in [0.717, 1.165) is 38.1 Å². The molecule has 0 radical (unpaired) electrons. The topological polar surface area (TPSA) is 84.7 Å². The van der Waals surface area contributed by atoms with Crippen molar-refractivity contribution in [3.8, 4) is 5.75 Å². The molecule has 0 unspecified atom stereocenters.